The first-order chi connectivity index (χ1) is 30.7. The quantitative estimate of drug-likeness (QED) is 0.174. The molecule has 12 rings (SSSR count). The van der Waals surface area contributed by atoms with Gasteiger partial charge in [-0.25, -0.2) is 9.98 Å². The Morgan fingerprint density at radius 3 is 1.90 bits per heavy atom. The second kappa shape index (κ2) is 15.0. The van der Waals surface area contributed by atoms with E-state index in [4.69, 9.17) is 15.0 Å². The molecule has 11 aromatic rings. The minimum Gasteiger partial charge on any atom is -0.344 e. The van der Waals surface area contributed by atoms with Crippen LogP contribution in [0.15, 0.2) is 222 Å². The maximum atomic E-state index is 5.40. The van der Waals surface area contributed by atoms with Crippen molar-refractivity contribution in [2.24, 2.45) is 9.98 Å². The Morgan fingerprint density at radius 2 is 1.13 bits per heavy atom. The first-order valence-corrected chi connectivity index (χ1v) is 21.7. The van der Waals surface area contributed by atoms with Crippen LogP contribution in [0, 0.1) is 0 Å². The molecular weight excluding hydrogens is 775 g/mol. The molecule has 0 saturated heterocycles. The lowest BCUT2D eigenvalue weighted by Gasteiger charge is -2.25. The van der Waals surface area contributed by atoms with E-state index in [0.29, 0.717) is 5.84 Å². The minimum absolute atomic E-state index is 0.358. The first-order valence-electron chi connectivity index (χ1n) is 20.9. The molecular formula is C56H37N5S. The number of benzene rings is 8. The summed E-state index contributed by atoms with van der Waals surface area (Å²) in [4.78, 5) is 15.9. The highest BCUT2D eigenvalue weighted by molar-refractivity contribution is 7.26. The SMILES string of the molecule is c1ccc(C2=NC(c3ccccc3)NC(c3cc(-c4ccccc4-c4ccccc4)cnc3-c3ccc4sc5ccc6c7ccccc7n(-c7ccccc7)c6c5c4c3)=N2)cc1. The van der Waals surface area contributed by atoms with E-state index < -0.39 is 0 Å². The van der Waals surface area contributed by atoms with Gasteiger partial charge in [0.15, 0.2) is 5.84 Å². The molecule has 62 heavy (non-hydrogen) atoms. The van der Waals surface area contributed by atoms with Crippen LogP contribution in [-0.2, 0) is 0 Å². The number of fused-ring (bicyclic) bond motifs is 7. The van der Waals surface area contributed by atoms with Crippen molar-refractivity contribution in [2.45, 2.75) is 6.17 Å². The van der Waals surface area contributed by atoms with Gasteiger partial charge in [-0.15, -0.1) is 11.3 Å². The molecule has 0 aliphatic carbocycles. The number of nitrogens with one attached hydrogen (secondary N) is 1. The lowest BCUT2D eigenvalue weighted by Crippen LogP contribution is -2.34. The summed E-state index contributed by atoms with van der Waals surface area (Å²) in [6, 6.07) is 72.9. The summed E-state index contributed by atoms with van der Waals surface area (Å²) in [7, 11) is 0. The number of rotatable bonds is 7. The Balaban J connectivity index is 1.11. The predicted octanol–water partition coefficient (Wildman–Crippen LogP) is 14.0. The maximum Gasteiger partial charge on any atom is 0.159 e. The average Bonchev–Trinajstić information content (AvgIpc) is 3.90. The van der Waals surface area contributed by atoms with Crippen molar-refractivity contribution in [3.8, 4) is 39.2 Å². The Bertz CT molecular complexity index is 3530. The van der Waals surface area contributed by atoms with E-state index in [2.05, 4.69) is 192 Å². The number of aliphatic imine (C=N–C) groups is 2. The van der Waals surface area contributed by atoms with Crippen LogP contribution in [0.3, 0.4) is 0 Å². The number of para-hydroxylation sites is 2. The highest BCUT2D eigenvalue weighted by Crippen LogP contribution is 2.44. The highest BCUT2D eigenvalue weighted by Gasteiger charge is 2.25. The van der Waals surface area contributed by atoms with Crippen LogP contribution in [0.25, 0.3) is 81.2 Å². The number of thiophene rings is 1. The standard InChI is InChI=1S/C56H37N5S/c1-5-17-36(18-6-1)42-25-13-14-26-43(42)40-34-47(56-59-54(37-19-7-2-8-20-37)58-55(60-56)38-21-9-3-10-22-38)52(57-35-40)39-29-31-49-46(33-39)51-50(62-49)32-30-45-44-27-15-16-28-48(44)61(53(45)51)41-23-11-4-12-24-41/h1-35,54H,(H,58,59,60). The largest absolute Gasteiger partial charge is 0.344 e. The van der Waals surface area contributed by atoms with Crippen LogP contribution in [0.2, 0.25) is 0 Å². The molecule has 1 aliphatic rings. The van der Waals surface area contributed by atoms with Crippen molar-refractivity contribution in [1.29, 1.82) is 0 Å². The summed E-state index contributed by atoms with van der Waals surface area (Å²) in [5, 5.41) is 8.69. The van der Waals surface area contributed by atoms with E-state index in [1.165, 1.54) is 42.0 Å². The van der Waals surface area contributed by atoms with E-state index >= 15 is 0 Å². The van der Waals surface area contributed by atoms with Crippen molar-refractivity contribution in [2.75, 3.05) is 0 Å². The van der Waals surface area contributed by atoms with E-state index in [0.717, 1.165) is 61.7 Å². The third-order valence-corrected chi connectivity index (χ3v) is 13.0. The maximum absolute atomic E-state index is 5.40. The molecule has 0 saturated carbocycles. The lowest BCUT2D eigenvalue weighted by molar-refractivity contribution is 0.674. The molecule has 292 valence electrons. The van der Waals surface area contributed by atoms with Gasteiger partial charge < -0.3 is 9.88 Å². The molecule has 3 aromatic heterocycles. The molecule has 4 heterocycles. The number of hydrogen-bond acceptors (Lipinski definition) is 5. The van der Waals surface area contributed by atoms with E-state index in [1.54, 1.807) is 0 Å². The van der Waals surface area contributed by atoms with Crippen molar-refractivity contribution in [3.63, 3.8) is 0 Å². The average molecular weight is 812 g/mol. The summed E-state index contributed by atoms with van der Waals surface area (Å²) in [6.45, 7) is 0. The normalized spacial score (nSPS) is 14.0. The number of hydrogen-bond donors (Lipinski definition) is 1. The molecule has 0 radical (unpaired) electrons. The van der Waals surface area contributed by atoms with E-state index in [9.17, 15) is 0 Å². The van der Waals surface area contributed by atoms with Crippen molar-refractivity contribution >= 4 is 65.0 Å². The highest BCUT2D eigenvalue weighted by atomic mass is 32.1. The van der Waals surface area contributed by atoms with Gasteiger partial charge in [0.1, 0.15) is 12.0 Å². The van der Waals surface area contributed by atoms with Gasteiger partial charge in [-0.2, -0.15) is 0 Å². The van der Waals surface area contributed by atoms with Gasteiger partial charge in [-0.1, -0.05) is 164 Å². The topological polar surface area (TPSA) is 54.6 Å². The summed E-state index contributed by atoms with van der Waals surface area (Å²) in [5.41, 5.74) is 12.7. The molecule has 1 unspecified atom stereocenters. The fraction of sp³-hybridized carbons (Fsp3) is 0.0179. The van der Waals surface area contributed by atoms with Crippen molar-refractivity contribution < 1.29 is 0 Å². The van der Waals surface area contributed by atoms with Gasteiger partial charge >= 0.3 is 0 Å². The Kier molecular flexibility index (Phi) is 8.68. The fourth-order valence-electron chi connectivity index (χ4n) is 9.05. The summed E-state index contributed by atoms with van der Waals surface area (Å²) in [5.74, 6) is 1.39. The predicted molar refractivity (Wildman–Crippen MR) is 260 cm³/mol. The molecule has 0 spiro atoms. The number of amidine groups is 2. The molecule has 1 N–H and O–H groups in total. The van der Waals surface area contributed by atoms with Gasteiger partial charge in [0.05, 0.1) is 16.7 Å². The number of nitrogens with zero attached hydrogens (tertiary/aromatic N) is 4. The van der Waals surface area contributed by atoms with E-state index in [1.807, 2.05) is 41.8 Å². The van der Waals surface area contributed by atoms with Crippen LogP contribution in [0.1, 0.15) is 22.9 Å². The molecule has 0 fully saturated rings. The molecule has 5 nitrogen and oxygen atoms in total. The summed E-state index contributed by atoms with van der Waals surface area (Å²) >= 11 is 1.84. The van der Waals surface area contributed by atoms with Gasteiger partial charge in [-0.3, -0.25) is 4.98 Å². The lowest BCUT2D eigenvalue weighted by atomic mass is 9.93. The fourth-order valence-corrected chi connectivity index (χ4v) is 10.1. The summed E-state index contributed by atoms with van der Waals surface area (Å²) in [6.07, 6.45) is 1.66. The summed E-state index contributed by atoms with van der Waals surface area (Å²) < 4.78 is 4.91. The molecule has 6 heteroatoms. The van der Waals surface area contributed by atoms with Gasteiger partial charge in [-0.05, 0) is 64.7 Å². The van der Waals surface area contributed by atoms with Crippen molar-refractivity contribution in [1.82, 2.24) is 14.9 Å². The first kappa shape index (κ1) is 36.0. The zero-order valence-corrected chi connectivity index (χ0v) is 34.3. The third kappa shape index (κ3) is 6.11. The second-order valence-electron chi connectivity index (χ2n) is 15.6. The van der Waals surface area contributed by atoms with Crippen LogP contribution in [0.5, 0.6) is 0 Å². The Labute approximate surface area is 362 Å². The Hall–Kier alpha value is -7.93. The van der Waals surface area contributed by atoms with E-state index in [-0.39, 0.29) is 6.17 Å². The van der Waals surface area contributed by atoms with Crippen molar-refractivity contribution in [3.05, 3.63) is 229 Å². The van der Waals surface area contributed by atoms with Crippen LogP contribution in [-0.4, -0.2) is 21.2 Å². The number of pyridine rings is 1. The molecule has 8 aromatic carbocycles. The van der Waals surface area contributed by atoms with Crippen LogP contribution >= 0.6 is 11.3 Å². The van der Waals surface area contributed by atoms with Gasteiger partial charge in [0, 0.05) is 65.1 Å². The molecule has 0 amide bonds. The second-order valence-corrected chi connectivity index (χ2v) is 16.7. The monoisotopic (exact) mass is 811 g/mol. The Morgan fingerprint density at radius 1 is 0.484 bits per heavy atom. The van der Waals surface area contributed by atoms with Crippen LogP contribution in [0.4, 0.5) is 0 Å². The smallest absolute Gasteiger partial charge is 0.159 e. The third-order valence-electron chi connectivity index (χ3n) is 11.9. The molecule has 1 atom stereocenters. The van der Waals surface area contributed by atoms with Crippen LogP contribution < -0.4 is 5.32 Å². The van der Waals surface area contributed by atoms with Gasteiger partial charge in [0.2, 0.25) is 0 Å². The minimum atomic E-state index is -0.358. The van der Waals surface area contributed by atoms with Gasteiger partial charge in [0.25, 0.3) is 0 Å². The zero-order chi connectivity index (χ0) is 41.0. The molecule has 0 bridgehead atoms. The number of aromatic nitrogens is 2. The molecule has 1 aliphatic heterocycles. The zero-order valence-electron chi connectivity index (χ0n) is 33.5.